The standard InChI is InChI=1S/C26H33F3N6/c1-16-9-20-19(3-4-23(31)21(20)11-30)25(35(16)15-26(29)5-6-26)24-22(28)10-17(12-32-24)33-18-13-34(14-18)8-2-7-27/h3-4,10-12,16,18,25,30,33H,2,5-9,13-15,31H2,1H3/p+1/t16-,25+/m1/s1. The maximum Gasteiger partial charge on any atom is 0.169 e. The minimum absolute atomic E-state index is 0.0366. The number of hydrogen-bond acceptors (Lipinski definition) is 5. The van der Waals surface area contributed by atoms with Crippen molar-refractivity contribution in [1.29, 1.82) is 0 Å². The van der Waals surface area contributed by atoms with Gasteiger partial charge in [-0.3, -0.25) is 24.6 Å². The lowest BCUT2D eigenvalue weighted by Crippen LogP contribution is -2.54. The lowest BCUT2D eigenvalue weighted by molar-refractivity contribution is -0.104. The van der Waals surface area contributed by atoms with Crippen molar-refractivity contribution in [3.8, 4) is 0 Å². The number of hydrogen-bond donors (Lipinski definition) is 3. The Labute approximate surface area is 204 Å². The van der Waals surface area contributed by atoms with Crippen LogP contribution in [0.4, 0.5) is 24.5 Å². The average Bonchev–Trinajstić information content (AvgIpc) is 3.53. The molecular weight excluding hydrogens is 453 g/mol. The predicted molar refractivity (Wildman–Crippen MR) is 131 cm³/mol. The van der Waals surface area contributed by atoms with Gasteiger partial charge >= 0.3 is 0 Å². The summed E-state index contributed by atoms with van der Waals surface area (Å²) in [4.78, 5) is 8.76. The summed E-state index contributed by atoms with van der Waals surface area (Å²) in [6, 6.07) is 4.76. The molecule has 35 heavy (non-hydrogen) atoms. The number of likely N-dealkylation sites (tertiary alicyclic amines) is 1. The van der Waals surface area contributed by atoms with Crippen molar-refractivity contribution in [3.05, 3.63) is 52.6 Å². The number of pyridine rings is 1. The Hall–Kier alpha value is -2.65. The molecule has 188 valence electrons. The summed E-state index contributed by atoms with van der Waals surface area (Å²) in [6.07, 6.45) is 5.39. The van der Waals surface area contributed by atoms with E-state index in [-0.39, 0.29) is 31.0 Å². The van der Waals surface area contributed by atoms with Gasteiger partial charge in [0.2, 0.25) is 0 Å². The molecule has 0 bridgehead atoms. The highest BCUT2D eigenvalue weighted by atomic mass is 19.1. The quantitative estimate of drug-likeness (QED) is 0.374. The minimum atomic E-state index is -1.23. The highest BCUT2D eigenvalue weighted by Gasteiger charge is 2.48. The van der Waals surface area contributed by atoms with E-state index in [9.17, 15) is 8.78 Å². The Morgan fingerprint density at radius 1 is 1.31 bits per heavy atom. The molecule has 2 fully saturated rings. The smallest absolute Gasteiger partial charge is 0.169 e. The van der Waals surface area contributed by atoms with Gasteiger partial charge < -0.3 is 11.1 Å². The van der Waals surface area contributed by atoms with E-state index in [4.69, 9.17) is 11.1 Å². The van der Waals surface area contributed by atoms with Crippen molar-refractivity contribution < 1.29 is 18.6 Å². The number of nitrogens with one attached hydrogen (secondary N) is 1. The van der Waals surface area contributed by atoms with E-state index in [0.717, 1.165) is 36.3 Å². The highest BCUT2D eigenvalue weighted by Crippen LogP contribution is 2.46. The van der Waals surface area contributed by atoms with Gasteiger partial charge in [-0.15, -0.1) is 0 Å². The summed E-state index contributed by atoms with van der Waals surface area (Å²) in [5.41, 5.74) is 9.00. The van der Waals surface area contributed by atoms with Crippen molar-refractivity contribution in [2.45, 2.75) is 56.4 Å². The predicted octanol–water partition coefficient (Wildman–Crippen LogP) is 2.27. The van der Waals surface area contributed by atoms with Gasteiger partial charge in [-0.05, 0) is 49.8 Å². The molecule has 5 N–H and O–H groups in total. The summed E-state index contributed by atoms with van der Waals surface area (Å²) in [5.74, 6) is -0.433. The van der Waals surface area contributed by atoms with E-state index in [1.165, 1.54) is 12.3 Å². The summed E-state index contributed by atoms with van der Waals surface area (Å²) in [7, 11) is 0. The lowest BCUT2D eigenvalue weighted by atomic mass is 9.83. The molecular formula is C26H34F3N6+. The second-order valence-corrected chi connectivity index (χ2v) is 10.3. The topological polar surface area (TPSA) is 83.0 Å². The molecule has 2 atom stereocenters. The molecule has 0 amide bonds. The molecule has 1 saturated heterocycles. The first-order chi connectivity index (χ1) is 16.8. The molecule has 0 spiro atoms. The molecule has 6 nitrogen and oxygen atoms in total. The molecule has 0 radical (unpaired) electrons. The van der Waals surface area contributed by atoms with Crippen LogP contribution in [0.5, 0.6) is 0 Å². The van der Waals surface area contributed by atoms with Gasteiger partial charge in [0.05, 0.1) is 41.9 Å². The molecule has 9 heteroatoms. The fourth-order valence-electron chi connectivity index (χ4n) is 5.49. The van der Waals surface area contributed by atoms with E-state index < -0.39 is 17.5 Å². The molecule has 1 aromatic carbocycles. The Bertz CT molecular complexity index is 1100. The summed E-state index contributed by atoms with van der Waals surface area (Å²) in [6.45, 7) is 4.28. The SMILES string of the molecule is C[C@@H]1Cc2c(ccc(N)c2C=[NH2+])[C@@H](c2ncc(NC3CN(CCCF)C3)cc2F)N1CC1(F)CC1. The van der Waals surface area contributed by atoms with Gasteiger partial charge in [0.15, 0.2) is 6.21 Å². The molecule has 3 heterocycles. The number of rotatable bonds is 9. The van der Waals surface area contributed by atoms with Crippen LogP contribution in [0.1, 0.15) is 54.6 Å². The third-order valence-electron chi connectivity index (χ3n) is 7.61. The summed E-state index contributed by atoms with van der Waals surface area (Å²) >= 11 is 0. The maximum absolute atomic E-state index is 15.6. The van der Waals surface area contributed by atoms with Gasteiger partial charge in [0.1, 0.15) is 11.5 Å². The molecule has 1 aromatic heterocycles. The molecule has 2 aliphatic heterocycles. The number of nitrogens with two attached hydrogens (primary N) is 2. The van der Waals surface area contributed by atoms with Crippen molar-refractivity contribution in [2.24, 2.45) is 0 Å². The average molecular weight is 488 g/mol. The van der Waals surface area contributed by atoms with Crippen molar-refractivity contribution in [1.82, 2.24) is 14.8 Å². The Balaban J connectivity index is 1.43. The van der Waals surface area contributed by atoms with Crippen LogP contribution in [-0.4, -0.2) is 71.6 Å². The van der Waals surface area contributed by atoms with E-state index in [2.05, 4.69) is 15.2 Å². The van der Waals surface area contributed by atoms with Gasteiger partial charge in [-0.1, -0.05) is 6.07 Å². The second-order valence-electron chi connectivity index (χ2n) is 10.3. The zero-order valence-corrected chi connectivity index (χ0v) is 20.1. The summed E-state index contributed by atoms with van der Waals surface area (Å²) < 4.78 is 42.9. The number of fused-ring (bicyclic) bond motifs is 1. The minimum Gasteiger partial charge on any atom is -0.398 e. The maximum atomic E-state index is 15.6. The largest absolute Gasteiger partial charge is 0.398 e. The second kappa shape index (κ2) is 9.43. The van der Waals surface area contributed by atoms with Crippen LogP contribution in [0.3, 0.4) is 0 Å². The number of nitrogen functional groups attached to an aromatic ring is 1. The highest BCUT2D eigenvalue weighted by molar-refractivity contribution is 5.86. The molecule has 5 rings (SSSR count). The van der Waals surface area contributed by atoms with Gasteiger partial charge in [0, 0.05) is 44.0 Å². The number of benzene rings is 1. The normalized spacial score (nSPS) is 24.0. The zero-order valence-electron chi connectivity index (χ0n) is 20.1. The number of nitrogens with zero attached hydrogens (tertiary/aromatic N) is 3. The van der Waals surface area contributed by atoms with Crippen LogP contribution in [0.25, 0.3) is 0 Å². The number of aromatic nitrogens is 1. The van der Waals surface area contributed by atoms with Crippen molar-refractivity contribution in [3.63, 3.8) is 0 Å². The van der Waals surface area contributed by atoms with Crippen LogP contribution >= 0.6 is 0 Å². The summed E-state index contributed by atoms with van der Waals surface area (Å²) in [5, 5.41) is 9.22. The van der Waals surface area contributed by atoms with Crippen LogP contribution in [0.2, 0.25) is 0 Å². The van der Waals surface area contributed by atoms with Crippen molar-refractivity contribution in [2.75, 3.05) is 43.9 Å². The van der Waals surface area contributed by atoms with E-state index in [1.54, 1.807) is 12.3 Å². The third kappa shape index (κ3) is 4.76. The van der Waals surface area contributed by atoms with Crippen LogP contribution in [-0.2, 0) is 6.42 Å². The number of anilines is 2. The van der Waals surface area contributed by atoms with Crippen LogP contribution in [0, 0.1) is 5.82 Å². The number of halogens is 3. The Kier molecular flexibility index (Phi) is 6.48. The molecule has 2 aromatic rings. The van der Waals surface area contributed by atoms with Gasteiger partial charge in [-0.2, -0.15) is 0 Å². The van der Waals surface area contributed by atoms with E-state index in [1.807, 2.05) is 17.9 Å². The Morgan fingerprint density at radius 2 is 2.09 bits per heavy atom. The lowest BCUT2D eigenvalue weighted by Gasteiger charge is -2.43. The number of alkyl halides is 2. The molecule has 1 saturated carbocycles. The first-order valence-electron chi connectivity index (χ1n) is 12.4. The molecule has 1 aliphatic carbocycles. The Morgan fingerprint density at radius 3 is 2.74 bits per heavy atom. The first kappa shape index (κ1) is 24.1. The van der Waals surface area contributed by atoms with Gasteiger partial charge in [-0.25, -0.2) is 8.78 Å². The molecule has 3 aliphatic rings. The van der Waals surface area contributed by atoms with Crippen molar-refractivity contribution >= 4 is 17.6 Å². The van der Waals surface area contributed by atoms with E-state index in [0.29, 0.717) is 37.1 Å². The third-order valence-corrected chi connectivity index (χ3v) is 7.61. The zero-order chi connectivity index (χ0) is 24.7. The monoisotopic (exact) mass is 487 g/mol. The molecule has 0 unspecified atom stereocenters. The first-order valence-corrected chi connectivity index (χ1v) is 12.4. The van der Waals surface area contributed by atoms with E-state index >= 15 is 4.39 Å². The van der Waals surface area contributed by atoms with Crippen LogP contribution in [0.15, 0.2) is 24.4 Å². The fourth-order valence-corrected chi connectivity index (χ4v) is 5.49. The fraction of sp³-hybridized carbons (Fsp3) is 0.538. The van der Waals surface area contributed by atoms with Gasteiger partial charge in [0.25, 0.3) is 0 Å². The van der Waals surface area contributed by atoms with Crippen LogP contribution < -0.4 is 16.5 Å².